The van der Waals surface area contributed by atoms with Gasteiger partial charge in [-0.3, -0.25) is 0 Å². The number of aromatic nitrogens is 4. The van der Waals surface area contributed by atoms with E-state index in [1.807, 2.05) is 4.90 Å². The molecule has 9 heteroatoms. The van der Waals surface area contributed by atoms with Gasteiger partial charge in [-0.2, -0.15) is 22.7 Å². The minimum absolute atomic E-state index is 0.0919. The first kappa shape index (κ1) is 17.5. The first-order valence-electron chi connectivity index (χ1n) is 7.54. The van der Waals surface area contributed by atoms with Crippen molar-refractivity contribution in [3.8, 4) is 0 Å². The lowest BCUT2D eigenvalue weighted by Crippen LogP contribution is -2.30. The Hall–Kier alpha value is -1.90. The minimum atomic E-state index is -4.62. The summed E-state index contributed by atoms with van der Waals surface area (Å²) >= 11 is 0. The Kier molecular flexibility index (Phi) is 5.40. The molecule has 2 heterocycles. The van der Waals surface area contributed by atoms with E-state index >= 15 is 0 Å². The van der Waals surface area contributed by atoms with Crippen molar-refractivity contribution in [2.45, 2.75) is 39.3 Å². The molecule has 0 aromatic carbocycles. The largest absolute Gasteiger partial charge is 0.453 e. The maximum Gasteiger partial charge on any atom is 0.453 e. The number of nitrogens with zero attached hydrogens (tertiary/aromatic N) is 5. The number of halogens is 3. The van der Waals surface area contributed by atoms with Crippen molar-refractivity contribution < 1.29 is 18.3 Å². The van der Waals surface area contributed by atoms with Gasteiger partial charge in [0.25, 0.3) is 11.6 Å². The number of aryl methyl sites for hydroxylation is 1. The van der Waals surface area contributed by atoms with Crippen molar-refractivity contribution in [1.29, 1.82) is 0 Å². The quantitative estimate of drug-likeness (QED) is 0.790. The Balaban J connectivity index is 2.45. The zero-order chi connectivity index (χ0) is 17.0. The molecule has 1 N–H and O–H groups in total. The highest BCUT2D eigenvalue weighted by molar-refractivity contribution is 5.47. The Morgan fingerprint density at radius 3 is 2.57 bits per heavy atom. The fraction of sp³-hybridized carbons (Fsp3) is 0.643. The summed E-state index contributed by atoms with van der Waals surface area (Å²) in [6.07, 6.45) is -1.72. The van der Waals surface area contributed by atoms with E-state index in [0.717, 1.165) is 23.8 Å². The zero-order valence-corrected chi connectivity index (χ0v) is 13.1. The lowest BCUT2D eigenvalue weighted by atomic mass is 10.2. The van der Waals surface area contributed by atoms with Gasteiger partial charge in [0, 0.05) is 24.8 Å². The van der Waals surface area contributed by atoms with E-state index in [4.69, 9.17) is 0 Å². The third kappa shape index (κ3) is 4.10. The van der Waals surface area contributed by atoms with Gasteiger partial charge in [-0.05, 0) is 13.3 Å². The molecular formula is C14H20F3N5O. The van der Waals surface area contributed by atoms with E-state index in [2.05, 4.69) is 22.0 Å². The number of fused-ring (bicyclic) bond motifs is 1. The Morgan fingerprint density at radius 2 is 1.96 bits per heavy atom. The van der Waals surface area contributed by atoms with Gasteiger partial charge in [0.05, 0.1) is 6.61 Å². The summed E-state index contributed by atoms with van der Waals surface area (Å²) in [5.41, 5.74) is 0.548. The average molecular weight is 331 g/mol. The third-order valence-electron chi connectivity index (χ3n) is 3.40. The third-order valence-corrected chi connectivity index (χ3v) is 3.40. The molecule has 0 aliphatic carbocycles. The highest BCUT2D eigenvalue weighted by Crippen LogP contribution is 2.27. The van der Waals surface area contributed by atoms with E-state index in [1.165, 1.54) is 0 Å². The molecule has 23 heavy (non-hydrogen) atoms. The monoisotopic (exact) mass is 331 g/mol. The summed E-state index contributed by atoms with van der Waals surface area (Å²) in [7, 11) is 0. The van der Waals surface area contributed by atoms with E-state index in [0.29, 0.717) is 24.6 Å². The van der Waals surface area contributed by atoms with Gasteiger partial charge in [0.15, 0.2) is 0 Å². The van der Waals surface area contributed by atoms with Crippen LogP contribution in [-0.2, 0) is 6.18 Å². The molecule has 0 unspecified atom stereocenters. The standard InChI is InChI=1S/C14H20F3N5O/c1-3-4-5-6-21(7-8-23)11-9-10(2)18-13-19-12(14(15,16)17)20-22(11)13/h9,23H,3-8H2,1-2H3. The maximum atomic E-state index is 12.8. The molecule has 0 saturated heterocycles. The molecule has 0 bridgehead atoms. The normalized spacial score (nSPS) is 12.1. The van der Waals surface area contributed by atoms with Crippen molar-refractivity contribution >= 4 is 11.6 Å². The number of anilines is 1. The number of aliphatic hydroxyl groups is 1. The SMILES string of the molecule is CCCCCN(CCO)c1cc(C)nc2nc(C(F)(F)F)nn12. The number of alkyl halides is 3. The summed E-state index contributed by atoms with van der Waals surface area (Å²) in [6, 6.07) is 1.66. The van der Waals surface area contributed by atoms with Crippen molar-refractivity contribution in [2.24, 2.45) is 0 Å². The van der Waals surface area contributed by atoms with Crippen molar-refractivity contribution in [2.75, 3.05) is 24.6 Å². The number of rotatable bonds is 7. The fourth-order valence-corrected chi connectivity index (χ4v) is 2.33. The van der Waals surface area contributed by atoms with Crippen LogP contribution in [0.5, 0.6) is 0 Å². The lowest BCUT2D eigenvalue weighted by Gasteiger charge is -2.24. The van der Waals surface area contributed by atoms with Crippen molar-refractivity contribution in [1.82, 2.24) is 19.6 Å². The molecule has 0 aliphatic rings. The topological polar surface area (TPSA) is 66.5 Å². The molecule has 0 aliphatic heterocycles. The highest BCUT2D eigenvalue weighted by atomic mass is 19.4. The molecule has 0 atom stereocenters. The summed E-state index contributed by atoms with van der Waals surface area (Å²) < 4.78 is 39.6. The summed E-state index contributed by atoms with van der Waals surface area (Å²) in [4.78, 5) is 9.29. The van der Waals surface area contributed by atoms with Crippen LogP contribution in [0.3, 0.4) is 0 Å². The molecule has 0 amide bonds. The molecule has 2 aromatic rings. The predicted molar refractivity (Wildman–Crippen MR) is 79.3 cm³/mol. The van der Waals surface area contributed by atoms with Crippen LogP contribution >= 0.6 is 0 Å². The Bertz CT molecular complexity index is 656. The van der Waals surface area contributed by atoms with Gasteiger partial charge in [0.2, 0.25) is 0 Å². The zero-order valence-electron chi connectivity index (χ0n) is 13.1. The van der Waals surface area contributed by atoms with Crippen LogP contribution in [0, 0.1) is 6.92 Å². The van der Waals surface area contributed by atoms with E-state index in [1.54, 1.807) is 13.0 Å². The molecule has 128 valence electrons. The molecule has 6 nitrogen and oxygen atoms in total. The smallest absolute Gasteiger partial charge is 0.395 e. The van der Waals surface area contributed by atoms with Crippen LogP contribution in [0.25, 0.3) is 5.78 Å². The van der Waals surface area contributed by atoms with Crippen molar-refractivity contribution in [3.63, 3.8) is 0 Å². The van der Waals surface area contributed by atoms with Crippen LogP contribution in [0.15, 0.2) is 6.07 Å². The summed E-state index contributed by atoms with van der Waals surface area (Å²) in [5, 5.41) is 12.8. The fourth-order valence-electron chi connectivity index (χ4n) is 2.33. The van der Waals surface area contributed by atoms with Crippen LogP contribution in [0.2, 0.25) is 0 Å². The molecule has 0 fully saturated rings. The van der Waals surface area contributed by atoms with Gasteiger partial charge in [0.1, 0.15) is 5.82 Å². The molecular weight excluding hydrogens is 311 g/mol. The number of hydrogen-bond donors (Lipinski definition) is 1. The number of aliphatic hydroxyl groups excluding tert-OH is 1. The van der Waals surface area contributed by atoms with Crippen LogP contribution in [0.1, 0.15) is 37.7 Å². The Morgan fingerprint density at radius 1 is 1.22 bits per heavy atom. The second-order valence-corrected chi connectivity index (χ2v) is 5.32. The first-order chi connectivity index (χ1) is 10.9. The molecule has 2 rings (SSSR count). The molecule has 0 radical (unpaired) electrons. The highest BCUT2D eigenvalue weighted by Gasteiger charge is 2.37. The van der Waals surface area contributed by atoms with Gasteiger partial charge in [-0.15, -0.1) is 5.10 Å². The minimum Gasteiger partial charge on any atom is -0.395 e. The number of unbranched alkanes of at least 4 members (excludes halogenated alkanes) is 2. The Labute approximate surface area is 132 Å². The van der Waals surface area contributed by atoms with Crippen LogP contribution < -0.4 is 4.90 Å². The van der Waals surface area contributed by atoms with Gasteiger partial charge >= 0.3 is 6.18 Å². The second-order valence-electron chi connectivity index (χ2n) is 5.32. The summed E-state index contributed by atoms with van der Waals surface area (Å²) in [6.45, 7) is 4.58. The van der Waals surface area contributed by atoms with Gasteiger partial charge in [-0.25, -0.2) is 4.98 Å². The number of hydrogen-bond acceptors (Lipinski definition) is 5. The maximum absolute atomic E-state index is 12.8. The van der Waals surface area contributed by atoms with E-state index in [9.17, 15) is 18.3 Å². The van der Waals surface area contributed by atoms with Crippen molar-refractivity contribution in [3.05, 3.63) is 17.6 Å². The molecule has 0 spiro atoms. The lowest BCUT2D eigenvalue weighted by molar-refractivity contribution is -0.144. The first-order valence-corrected chi connectivity index (χ1v) is 7.54. The average Bonchev–Trinajstić information content (AvgIpc) is 2.89. The second kappa shape index (κ2) is 7.12. The van der Waals surface area contributed by atoms with Gasteiger partial charge < -0.3 is 10.0 Å². The predicted octanol–water partition coefficient (Wildman–Crippen LogP) is 2.44. The van der Waals surface area contributed by atoms with Crippen LogP contribution in [0.4, 0.5) is 19.0 Å². The molecule has 0 saturated carbocycles. The van der Waals surface area contributed by atoms with E-state index in [-0.39, 0.29) is 12.4 Å². The van der Waals surface area contributed by atoms with E-state index < -0.39 is 12.0 Å². The van der Waals surface area contributed by atoms with Crippen LogP contribution in [-0.4, -0.2) is 44.4 Å². The summed E-state index contributed by atoms with van der Waals surface area (Å²) in [5.74, 6) is -0.847. The molecule has 2 aromatic heterocycles. The van der Waals surface area contributed by atoms with Gasteiger partial charge in [-0.1, -0.05) is 19.8 Å².